The topological polar surface area (TPSA) is 55.6 Å². The maximum Gasteiger partial charge on any atom is 0.137 e. The number of rotatable bonds is 4. The maximum atomic E-state index is 4.34. The first-order chi connectivity index (χ1) is 9.72. The second-order valence-corrected chi connectivity index (χ2v) is 5.02. The van der Waals surface area contributed by atoms with Gasteiger partial charge in [0.2, 0.25) is 0 Å². The Balaban J connectivity index is 1.79. The predicted molar refractivity (Wildman–Crippen MR) is 79.6 cm³/mol. The molecule has 0 aliphatic rings. The molecule has 2 aromatic heterocycles. The Bertz CT molecular complexity index is 714. The molecule has 102 valence electrons. The largest absolute Gasteiger partial charge is 0.365 e. The monoisotopic (exact) mass is 267 g/mol. The summed E-state index contributed by atoms with van der Waals surface area (Å²) >= 11 is 0. The highest BCUT2D eigenvalue weighted by Gasteiger charge is 2.08. The van der Waals surface area contributed by atoms with Crippen molar-refractivity contribution in [2.45, 2.75) is 26.4 Å². The van der Waals surface area contributed by atoms with E-state index in [1.807, 2.05) is 48.3 Å². The molecule has 2 heterocycles. The van der Waals surface area contributed by atoms with Crippen molar-refractivity contribution in [3.63, 3.8) is 0 Å². The van der Waals surface area contributed by atoms with Crippen molar-refractivity contribution in [3.8, 4) is 0 Å². The summed E-state index contributed by atoms with van der Waals surface area (Å²) in [5, 5.41) is 8.77. The lowest BCUT2D eigenvalue weighted by Crippen LogP contribution is -2.23. The molecule has 0 spiro atoms. The average Bonchev–Trinajstić information content (AvgIpc) is 2.84. The molecule has 5 nitrogen and oxygen atoms in total. The van der Waals surface area contributed by atoms with E-state index < -0.39 is 0 Å². The third kappa shape index (κ3) is 2.61. The van der Waals surface area contributed by atoms with Crippen LogP contribution in [0.25, 0.3) is 10.9 Å². The van der Waals surface area contributed by atoms with E-state index in [2.05, 4.69) is 27.3 Å². The maximum absolute atomic E-state index is 4.34. The number of nitrogens with one attached hydrogen (secondary N) is 1. The Morgan fingerprint density at radius 3 is 2.90 bits per heavy atom. The molecular weight excluding hydrogens is 250 g/mol. The molecule has 1 atom stereocenters. The molecule has 1 N–H and O–H groups in total. The number of para-hydroxylation sites is 1. The van der Waals surface area contributed by atoms with E-state index in [1.54, 1.807) is 6.33 Å². The van der Waals surface area contributed by atoms with Gasteiger partial charge in [0.15, 0.2) is 0 Å². The zero-order valence-corrected chi connectivity index (χ0v) is 11.6. The molecule has 3 aromatic rings. The van der Waals surface area contributed by atoms with Crippen molar-refractivity contribution in [3.05, 3.63) is 48.5 Å². The molecule has 0 saturated heterocycles. The number of hydrogen-bond acceptors (Lipinski definition) is 4. The second kappa shape index (κ2) is 5.28. The van der Waals surface area contributed by atoms with E-state index in [1.165, 1.54) is 5.56 Å². The van der Waals surface area contributed by atoms with Gasteiger partial charge < -0.3 is 5.32 Å². The van der Waals surface area contributed by atoms with Crippen molar-refractivity contribution in [1.82, 2.24) is 19.7 Å². The number of aryl methyl sites for hydroxylation is 1. The normalized spacial score (nSPS) is 12.5. The third-order valence-electron chi connectivity index (χ3n) is 3.15. The van der Waals surface area contributed by atoms with E-state index in [9.17, 15) is 0 Å². The summed E-state index contributed by atoms with van der Waals surface area (Å²) in [5.74, 6) is 0.868. The minimum absolute atomic E-state index is 0.229. The van der Waals surface area contributed by atoms with Crippen molar-refractivity contribution in [1.29, 1.82) is 0 Å². The highest BCUT2D eigenvalue weighted by molar-refractivity contribution is 5.88. The van der Waals surface area contributed by atoms with E-state index >= 15 is 0 Å². The van der Waals surface area contributed by atoms with Gasteiger partial charge in [-0.15, -0.1) is 0 Å². The van der Waals surface area contributed by atoms with Crippen LogP contribution in [0.3, 0.4) is 0 Å². The fourth-order valence-electron chi connectivity index (χ4n) is 2.25. The zero-order valence-electron chi connectivity index (χ0n) is 11.6. The van der Waals surface area contributed by atoms with Gasteiger partial charge >= 0.3 is 0 Å². The molecule has 0 aliphatic heterocycles. The number of anilines is 1. The lowest BCUT2D eigenvalue weighted by molar-refractivity contribution is 0.560. The minimum atomic E-state index is 0.229. The quantitative estimate of drug-likeness (QED) is 0.789. The van der Waals surface area contributed by atoms with Crippen molar-refractivity contribution in [2.75, 3.05) is 5.32 Å². The SMILES string of the molecule is Cc1cnn(CC(C)Nc2ncnc3ccccc23)c1. The van der Waals surface area contributed by atoms with Gasteiger partial charge in [-0.25, -0.2) is 9.97 Å². The zero-order chi connectivity index (χ0) is 13.9. The first kappa shape index (κ1) is 12.6. The molecule has 0 bridgehead atoms. The number of nitrogens with zero attached hydrogens (tertiary/aromatic N) is 4. The average molecular weight is 267 g/mol. The predicted octanol–water partition coefficient (Wildman–Crippen LogP) is 2.64. The second-order valence-electron chi connectivity index (χ2n) is 5.02. The molecule has 0 aliphatic carbocycles. The number of hydrogen-bond donors (Lipinski definition) is 1. The summed E-state index contributed by atoms with van der Waals surface area (Å²) in [6.45, 7) is 4.96. The van der Waals surface area contributed by atoms with Gasteiger partial charge in [-0.2, -0.15) is 5.10 Å². The fraction of sp³-hybridized carbons (Fsp3) is 0.267. The van der Waals surface area contributed by atoms with Crippen LogP contribution in [0.2, 0.25) is 0 Å². The molecule has 5 heteroatoms. The van der Waals surface area contributed by atoms with Crippen LogP contribution in [0.1, 0.15) is 12.5 Å². The van der Waals surface area contributed by atoms with Crippen LogP contribution in [-0.4, -0.2) is 25.8 Å². The lowest BCUT2D eigenvalue weighted by atomic mass is 10.2. The van der Waals surface area contributed by atoms with Gasteiger partial charge in [0, 0.05) is 17.6 Å². The van der Waals surface area contributed by atoms with E-state index in [-0.39, 0.29) is 6.04 Å². The molecule has 0 radical (unpaired) electrons. The van der Waals surface area contributed by atoms with Gasteiger partial charge in [-0.05, 0) is 31.5 Å². The first-order valence-corrected chi connectivity index (χ1v) is 6.68. The Morgan fingerprint density at radius 1 is 1.25 bits per heavy atom. The van der Waals surface area contributed by atoms with Crippen LogP contribution in [-0.2, 0) is 6.54 Å². The molecule has 1 unspecified atom stereocenters. The Kier molecular flexibility index (Phi) is 3.33. The molecule has 0 saturated carbocycles. The minimum Gasteiger partial charge on any atom is -0.365 e. The summed E-state index contributed by atoms with van der Waals surface area (Å²) in [6.07, 6.45) is 5.50. The van der Waals surface area contributed by atoms with Crippen molar-refractivity contribution < 1.29 is 0 Å². The summed E-state index contributed by atoms with van der Waals surface area (Å²) in [6, 6.07) is 8.23. The van der Waals surface area contributed by atoms with Crippen LogP contribution < -0.4 is 5.32 Å². The molecule has 20 heavy (non-hydrogen) atoms. The number of benzene rings is 1. The van der Waals surface area contributed by atoms with Crippen molar-refractivity contribution in [2.24, 2.45) is 0 Å². The standard InChI is InChI=1S/C15H17N5/c1-11-7-18-20(8-11)9-12(2)19-15-13-5-3-4-6-14(13)16-10-17-15/h3-8,10,12H,9H2,1-2H3,(H,16,17,19). The smallest absolute Gasteiger partial charge is 0.137 e. The van der Waals surface area contributed by atoms with Crippen LogP contribution in [0.4, 0.5) is 5.82 Å². The molecule has 0 amide bonds. The Morgan fingerprint density at radius 2 is 2.10 bits per heavy atom. The summed E-state index contributed by atoms with van der Waals surface area (Å²) in [4.78, 5) is 8.61. The van der Waals surface area contributed by atoms with Crippen LogP contribution in [0.15, 0.2) is 43.0 Å². The first-order valence-electron chi connectivity index (χ1n) is 6.68. The lowest BCUT2D eigenvalue weighted by Gasteiger charge is -2.15. The molecular formula is C15H17N5. The molecule has 1 aromatic carbocycles. The van der Waals surface area contributed by atoms with E-state index in [0.29, 0.717) is 0 Å². The van der Waals surface area contributed by atoms with Gasteiger partial charge in [0.25, 0.3) is 0 Å². The van der Waals surface area contributed by atoms with Crippen LogP contribution in [0, 0.1) is 6.92 Å². The highest BCUT2D eigenvalue weighted by atomic mass is 15.3. The summed E-state index contributed by atoms with van der Waals surface area (Å²) in [7, 11) is 0. The Hall–Kier alpha value is -2.43. The molecule has 3 rings (SSSR count). The summed E-state index contributed by atoms with van der Waals surface area (Å²) in [5.41, 5.74) is 2.12. The number of aromatic nitrogens is 4. The van der Waals surface area contributed by atoms with Gasteiger partial charge in [0.1, 0.15) is 12.1 Å². The van der Waals surface area contributed by atoms with Crippen LogP contribution in [0.5, 0.6) is 0 Å². The van der Waals surface area contributed by atoms with E-state index in [4.69, 9.17) is 0 Å². The van der Waals surface area contributed by atoms with E-state index in [0.717, 1.165) is 23.3 Å². The van der Waals surface area contributed by atoms with Crippen LogP contribution >= 0.6 is 0 Å². The summed E-state index contributed by atoms with van der Waals surface area (Å²) < 4.78 is 1.94. The Labute approximate surface area is 117 Å². The van der Waals surface area contributed by atoms with Gasteiger partial charge in [-0.1, -0.05) is 12.1 Å². The van der Waals surface area contributed by atoms with Gasteiger partial charge in [0.05, 0.1) is 18.3 Å². The fourth-order valence-corrected chi connectivity index (χ4v) is 2.25. The number of fused-ring (bicyclic) bond motifs is 1. The van der Waals surface area contributed by atoms with Gasteiger partial charge in [-0.3, -0.25) is 4.68 Å². The highest BCUT2D eigenvalue weighted by Crippen LogP contribution is 2.19. The molecule has 0 fully saturated rings. The third-order valence-corrected chi connectivity index (χ3v) is 3.15. The van der Waals surface area contributed by atoms with Crippen molar-refractivity contribution >= 4 is 16.7 Å².